The van der Waals surface area contributed by atoms with E-state index in [0.29, 0.717) is 22.8 Å². The Morgan fingerprint density at radius 1 is 1.28 bits per heavy atom. The third kappa shape index (κ3) is 3.72. The molecule has 150 valence electrons. The van der Waals surface area contributed by atoms with Crippen molar-refractivity contribution >= 4 is 35.1 Å². The lowest BCUT2D eigenvalue weighted by molar-refractivity contribution is -0.138. The molecule has 0 radical (unpaired) electrons. The summed E-state index contributed by atoms with van der Waals surface area (Å²) in [6, 6.07) is 8.92. The number of nitrogens with one attached hydrogen (secondary N) is 1. The van der Waals surface area contributed by atoms with Crippen LogP contribution >= 0.6 is 23.4 Å². The highest BCUT2D eigenvalue weighted by atomic mass is 35.5. The van der Waals surface area contributed by atoms with Crippen molar-refractivity contribution in [3.05, 3.63) is 64.3 Å². The van der Waals surface area contributed by atoms with Crippen molar-refractivity contribution in [3.8, 4) is 11.4 Å². The molecule has 0 aliphatic carbocycles. The Balaban J connectivity index is 1.98. The van der Waals surface area contributed by atoms with Gasteiger partial charge in [0.2, 0.25) is 5.91 Å². The average Bonchev–Trinajstić information content (AvgIpc) is 2.88. The second-order valence-electron chi connectivity index (χ2n) is 6.42. The summed E-state index contributed by atoms with van der Waals surface area (Å²) in [5.41, 5.74) is 0.600. The van der Waals surface area contributed by atoms with Crippen molar-refractivity contribution < 1.29 is 18.0 Å². The highest BCUT2D eigenvalue weighted by Crippen LogP contribution is 2.49. The van der Waals surface area contributed by atoms with E-state index in [1.165, 1.54) is 16.8 Å². The highest BCUT2D eigenvalue weighted by Gasteiger charge is 2.39. The maximum atomic E-state index is 13.8. The van der Waals surface area contributed by atoms with Gasteiger partial charge in [-0.15, -0.1) is 11.8 Å². The fourth-order valence-corrected chi connectivity index (χ4v) is 4.62. The van der Waals surface area contributed by atoms with Crippen LogP contribution in [0.15, 0.2) is 42.6 Å². The lowest BCUT2D eigenvalue weighted by Crippen LogP contribution is -2.15. The smallest absolute Gasteiger partial charge is 0.310 e. The van der Waals surface area contributed by atoms with Gasteiger partial charge in [0.1, 0.15) is 11.5 Å². The van der Waals surface area contributed by atoms with Crippen LogP contribution in [0.1, 0.15) is 21.9 Å². The molecule has 0 bridgehead atoms. The molecule has 5 nitrogen and oxygen atoms in total. The first-order valence-corrected chi connectivity index (χ1v) is 9.94. The van der Waals surface area contributed by atoms with E-state index in [1.54, 1.807) is 31.4 Å². The molecule has 0 fully saturated rings. The largest absolute Gasteiger partial charge is 0.416 e. The van der Waals surface area contributed by atoms with Gasteiger partial charge in [-0.1, -0.05) is 23.7 Å². The van der Waals surface area contributed by atoms with E-state index in [2.05, 4.69) is 15.4 Å². The first-order valence-electron chi connectivity index (χ1n) is 8.52. The van der Waals surface area contributed by atoms with Gasteiger partial charge < -0.3 is 5.32 Å². The molecule has 1 atom stereocenters. The zero-order valence-electron chi connectivity index (χ0n) is 15.0. The SMILES string of the molecule is Cn1nc(-c2ccccn2)c2c1NC(=O)CSC2c1ccc(Cl)cc1C(F)(F)F. The number of carbonyl (C=O) groups is 1. The lowest BCUT2D eigenvalue weighted by Gasteiger charge is -2.21. The number of pyridine rings is 1. The quantitative estimate of drug-likeness (QED) is 0.616. The second-order valence-corrected chi connectivity index (χ2v) is 7.95. The predicted octanol–water partition coefficient (Wildman–Crippen LogP) is 4.93. The summed E-state index contributed by atoms with van der Waals surface area (Å²) in [6.45, 7) is 0. The van der Waals surface area contributed by atoms with Crippen LogP contribution in [0.2, 0.25) is 5.02 Å². The van der Waals surface area contributed by atoms with Crippen molar-refractivity contribution in [1.82, 2.24) is 14.8 Å². The van der Waals surface area contributed by atoms with Gasteiger partial charge in [0.05, 0.1) is 22.3 Å². The van der Waals surface area contributed by atoms with Gasteiger partial charge in [0.25, 0.3) is 0 Å². The predicted molar refractivity (Wildman–Crippen MR) is 106 cm³/mol. The van der Waals surface area contributed by atoms with Crippen LogP contribution in [-0.2, 0) is 18.0 Å². The first kappa shape index (κ1) is 19.8. The van der Waals surface area contributed by atoms with E-state index in [4.69, 9.17) is 11.6 Å². The number of rotatable bonds is 2. The maximum Gasteiger partial charge on any atom is 0.416 e. The number of aryl methyl sites for hydroxylation is 1. The van der Waals surface area contributed by atoms with Crippen LogP contribution in [0, 0.1) is 0 Å². The summed E-state index contributed by atoms with van der Waals surface area (Å²) in [5, 5.41) is 6.40. The number of halogens is 4. The molecule has 0 saturated heterocycles. The van der Waals surface area contributed by atoms with Crippen molar-refractivity contribution in [3.63, 3.8) is 0 Å². The van der Waals surface area contributed by atoms with E-state index in [9.17, 15) is 18.0 Å². The normalized spacial score (nSPS) is 16.9. The third-order valence-corrected chi connectivity index (χ3v) is 5.98. The van der Waals surface area contributed by atoms with Crippen molar-refractivity contribution in [2.24, 2.45) is 7.05 Å². The van der Waals surface area contributed by atoms with E-state index in [1.807, 2.05) is 0 Å². The number of carbonyl (C=O) groups excluding carboxylic acids is 1. The molecule has 1 aliphatic heterocycles. The molecule has 2 aromatic heterocycles. The monoisotopic (exact) mass is 438 g/mol. The molecule has 1 N–H and O–H groups in total. The van der Waals surface area contributed by atoms with Gasteiger partial charge in [-0.05, 0) is 29.8 Å². The van der Waals surface area contributed by atoms with Crippen LogP contribution in [0.3, 0.4) is 0 Å². The molecule has 10 heteroatoms. The van der Waals surface area contributed by atoms with Crippen LogP contribution < -0.4 is 5.32 Å². The third-order valence-electron chi connectivity index (χ3n) is 4.50. The van der Waals surface area contributed by atoms with Crippen molar-refractivity contribution in [1.29, 1.82) is 0 Å². The molecule has 3 heterocycles. The zero-order valence-corrected chi connectivity index (χ0v) is 16.6. The highest BCUT2D eigenvalue weighted by molar-refractivity contribution is 8.00. The van der Waals surface area contributed by atoms with Crippen LogP contribution in [0.4, 0.5) is 19.0 Å². The van der Waals surface area contributed by atoms with Gasteiger partial charge in [0, 0.05) is 23.8 Å². The second kappa shape index (κ2) is 7.38. The number of anilines is 1. The van der Waals surface area contributed by atoms with Gasteiger partial charge in [-0.25, -0.2) is 0 Å². The standard InChI is InChI=1S/C19H14ClF3N4OS/c1-27-18-15(16(26-27)13-4-2-3-7-24-13)17(29-9-14(28)25-18)11-6-5-10(20)8-12(11)19(21,22)23/h2-8,17H,9H2,1H3,(H,25,28). The number of benzene rings is 1. The maximum absolute atomic E-state index is 13.8. The number of hydrogen-bond donors (Lipinski definition) is 1. The van der Waals surface area contributed by atoms with Crippen LogP contribution in [-0.4, -0.2) is 26.4 Å². The number of hydrogen-bond acceptors (Lipinski definition) is 4. The van der Waals surface area contributed by atoms with Gasteiger partial charge in [-0.2, -0.15) is 18.3 Å². The Morgan fingerprint density at radius 3 is 2.76 bits per heavy atom. The average molecular weight is 439 g/mol. The molecular weight excluding hydrogens is 425 g/mol. The van der Waals surface area contributed by atoms with Gasteiger partial charge in [-0.3, -0.25) is 14.5 Å². The number of amides is 1. The van der Waals surface area contributed by atoms with Crippen LogP contribution in [0.25, 0.3) is 11.4 Å². The van der Waals surface area contributed by atoms with E-state index in [0.717, 1.165) is 17.8 Å². The first-order chi connectivity index (χ1) is 13.8. The fourth-order valence-electron chi connectivity index (χ4n) is 3.29. The van der Waals surface area contributed by atoms with Crippen molar-refractivity contribution in [2.75, 3.05) is 11.1 Å². The molecule has 29 heavy (non-hydrogen) atoms. The summed E-state index contributed by atoms with van der Waals surface area (Å²) in [5.74, 6) is 0.0477. The van der Waals surface area contributed by atoms with Gasteiger partial charge >= 0.3 is 6.18 Å². The Labute approximate surface area is 173 Å². The summed E-state index contributed by atoms with van der Waals surface area (Å²) in [6.07, 6.45) is -3.02. The topological polar surface area (TPSA) is 59.8 Å². The number of nitrogens with zero attached hydrogens (tertiary/aromatic N) is 3. The molecule has 0 saturated carbocycles. The van der Waals surface area contributed by atoms with Gasteiger partial charge in [0.15, 0.2) is 0 Å². The molecule has 3 aromatic rings. The number of thioether (sulfide) groups is 1. The number of aromatic nitrogens is 3. The van der Waals surface area contributed by atoms with Crippen LogP contribution in [0.5, 0.6) is 0 Å². The zero-order chi connectivity index (χ0) is 20.8. The van der Waals surface area contributed by atoms with E-state index >= 15 is 0 Å². The fraction of sp³-hybridized carbons (Fsp3) is 0.211. The lowest BCUT2D eigenvalue weighted by atomic mass is 9.97. The molecule has 4 rings (SSSR count). The summed E-state index contributed by atoms with van der Waals surface area (Å²) < 4.78 is 42.8. The Bertz CT molecular complexity index is 1090. The Morgan fingerprint density at radius 2 is 2.07 bits per heavy atom. The number of alkyl halides is 3. The minimum atomic E-state index is -4.60. The molecule has 0 spiro atoms. The summed E-state index contributed by atoms with van der Waals surface area (Å²) >= 11 is 6.96. The number of fused-ring (bicyclic) bond motifs is 1. The van der Waals surface area contributed by atoms with E-state index in [-0.39, 0.29) is 22.2 Å². The molecule has 1 amide bonds. The molecular formula is C19H14ClF3N4OS. The molecule has 1 aromatic carbocycles. The Kier molecular flexibility index (Phi) is 5.04. The summed E-state index contributed by atoms with van der Waals surface area (Å²) in [4.78, 5) is 16.5. The van der Waals surface area contributed by atoms with E-state index < -0.39 is 17.0 Å². The molecule has 1 aliphatic rings. The summed E-state index contributed by atoms with van der Waals surface area (Å²) in [7, 11) is 1.63. The minimum absolute atomic E-state index is 0.000921. The van der Waals surface area contributed by atoms with Crippen molar-refractivity contribution in [2.45, 2.75) is 11.4 Å². The molecule has 1 unspecified atom stereocenters. The minimum Gasteiger partial charge on any atom is -0.310 e. The Hall–Kier alpha value is -2.52.